The molecule has 1 aliphatic heterocycles. The van der Waals surface area contributed by atoms with Gasteiger partial charge in [0, 0.05) is 31.6 Å². The summed E-state index contributed by atoms with van der Waals surface area (Å²) in [5, 5.41) is 8.82. The summed E-state index contributed by atoms with van der Waals surface area (Å²) in [6, 6.07) is 18.7. The number of amides is 1. The monoisotopic (exact) mass is 361 g/mol. The molecule has 0 aliphatic carbocycles. The van der Waals surface area contributed by atoms with Gasteiger partial charge in [-0.05, 0) is 27.6 Å². The van der Waals surface area contributed by atoms with E-state index in [4.69, 9.17) is 4.74 Å². The Labute approximate surface area is 158 Å². The highest BCUT2D eigenvalue weighted by atomic mass is 16.5. The van der Waals surface area contributed by atoms with Crippen molar-refractivity contribution in [3.63, 3.8) is 0 Å². The minimum Gasteiger partial charge on any atom is -0.379 e. The van der Waals surface area contributed by atoms with E-state index in [0.29, 0.717) is 6.42 Å². The number of hydrazone groups is 1. The maximum Gasteiger partial charge on any atom is 0.241 e. The lowest BCUT2D eigenvalue weighted by Crippen LogP contribution is -2.38. The fourth-order valence-electron chi connectivity index (χ4n) is 3.50. The largest absolute Gasteiger partial charge is 0.379 e. The Morgan fingerprint density at radius 1 is 1.04 bits per heavy atom. The van der Waals surface area contributed by atoms with Gasteiger partial charge in [-0.1, -0.05) is 48.5 Å². The first-order valence-corrected chi connectivity index (χ1v) is 9.34. The van der Waals surface area contributed by atoms with E-state index in [1.807, 2.05) is 24.3 Å². The van der Waals surface area contributed by atoms with E-state index in [9.17, 15) is 4.79 Å². The van der Waals surface area contributed by atoms with Gasteiger partial charge in [0.15, 0.2) is 0 Å². The van der Waals surface area contributed by atoms with E-state index in [-0.39, 0.29) is 5.91 Å². The van der Waals surface area contributed by atoms with Crippen LogP contribution in [-0.2, 0) is 9.53 Å². The van der Waals surface area contributed by atoms with E-state index in [2.05, 4.69) is 45.8 Å². The van der Waals surface area contributed by atoms with Crippen LogP contribution < -0.4 is 5.43 Å². The second-order valence-electron chi connectivity index (χ2n) is 6.73. The highest BCUT2D eigenvalue weighted by Gasteiger charge is 2.11. The minimum absolute atomic E-state index is 0.0673. The summed E-state index contributed by atoms with van der Waals surface area (Å²) < 4.78 is 5.32. The number of ether oxygens (including phenoxy) is 1. The van der Waals surface area contributed by atoms with Crippen molar-refractivity contribution in [2.24, 2.45) is 5.10 Å². The summed E-state index contributed by atoms with van der Waals surface area (Å²) in [5.74, 6) is -0.0673. The predicted molar refractivity (Wildman–Crippen MR) is 109 cm³/mol. The first-order chi connectivity index (χ1) is 13.3. The Morgan fingerprint density at radius 3 is 2.33 bits per heavy atom. The highest BCUT2D eigenvalue weighted by Crippen LogP contribution is 2.27. The number of hydrogen-bond donors (Lipinski definition) is 1. The molecule has 4 rings (SSSR count). The fourth-order valence-corrected chi connectivity index (χ4v) is 3.50. The molecule has 1 amide bonds. The van der Waals surface area contributed by atoms with Crippen molar-refractivity contribution < 1.29 is 9.53 Å². The molecular weight excluding hydrogens is 338 g/mol. The molecule has 1 saturated heterocycles. The van der Waals surface area contributed by atoms with E-state index in [1.54, 1.807) is 6.21 Å². The zero-order valence-electron chi connectivity index (χ0n) is 15.2. The standard InChI is InChI=1S/C22H23N3O2/c26-22(9-10-25-11-13-27-14-12-25)24-23-16-21-19-7-3-1-5-17(19)15-18-6-2-4-8-20(18)21/h1-8,15-16H,9-14H2,(H,24,26)/b23-16-. The third-order valence-corrected chi connectivity index (χ3v) is 4.95. The smallest absolute Gasteiger partial charge is 0.241 e. The van der Waals surface area contributed by atoms with Gasteiger partial charge in [0.1, 0.15) is 0 Å². The molecule has 138 valence electrons. The number of nitrogens with one attached hydrogen (secondary N) is 1. The molecule has 0 aromatic heterocycles. The molecule has 1 fully saturated rings. The lowest BCUT2D eigenvalue weighted by Gasteiger charge is -2.25. The summed E-state index contributed by atoms with van der Waals surface area (Å²) in [4.78, 5) is 14.4. The molecule has 0 bridgehead atoms. The lowest BCUT2D eigenvalue weighted by atomic mass is 9.97. The highest BCUT2D eigenvalue weighted by molar-refractivity contribution is 6.13. The number of fused-ring (bicyclic) bond motifs is 2. The van der Waals surface area contributed by atoms with E-state index in [1.165, 1.54) is 0 Å². The zero-order chi connectivity index (χ0) is 18.5. The number of hydrogen-bond acceptors (Lipinski definition) is 4. The number of benzene rings is 3. The summed E-state index contributed by atoms with van der Waals surface area (Å²) in [6.07, 6.45) is 2.20. The average Bonchev–Trinajstić information content (AvgIpc) is 2.72. The molecule has 0 unspecified atom stereocenters. The van der Waals surface area contributed by atoms with Crippen LogP contribution in [0.15, 0.2) is 59.7 Å². The Morgan fingerprint density at radius 2 is 1.67 bits per heavy atom. The van der Waals surface area contributed by atoms with Crippen molar-refractivity contribution in [3.8, 4) is 0 Å². The average molecular weight is 361 g/mol. The maximum absolute atomic E-state index is 12.1. The number of carbonyl (C=O) groups is 1. The maximum atomic E-state index is 12.1. The molecule has 1 aliphatic rings. The zero-order valence-corrected chi connectivity index (χ0v) is 15.2. The molecule has 5 heteroatoms. The molecule has 0 spiro atoms. The van der Waals surface area contributed by atoms with Crippen molar-refractivity contribution in [1.29, 1.82) is 0 Å². The van der Waals surface area contributed by atoms with Crippen LogP contribution >= 0.6 is 0 Å². The van der Waals surface area contributed by atoms with Crippen LogP contribution in [0.3, 0.4) is 0 Å². The summed E-state index contributed by atoms with van der Waals surface area (Å²) in [6.45, 7) is 4.00. The fraction of sp³-hybridized carbons (Fsp3) is 0.273. The van der Waals surface area contributed by atoms with Crippen molar-refractivity contribution in [3.05, 3.63) is 60.2 Å². The molecular formula is C22H23N3O2. The molecule has 3 aromatic rings. The van der Waals surface area contributed by atoms with Crippen molar-refractivity contribution >= 4 is 33.7 Å². The van der Waals surface area contributed by atoms with Gasteiger partial charge < -0.3 is 4.74 Å². The quantitative estimate of drug-likeness (QED) is 0.431. The first kappa shape index (κ1) is 17.6. The van der Waals surface area contributed by atoms with E-state index >= 15 is 0 Å². The van der Waals surface area contributed by atoms with Gasteiger partial charge >= 0.3 is 0 Å². The second kappa shape index (κ2) is 8.29. The van der Waals surface area contributed by atoms with Gasteiger partial charge in [-0.15, -0.1) is 0 Å². The van der Waals surface area contributed by atoms with Crippen LogP contribution in [0, 0.1) is 0 Å². The van der Waals surface area contributed by atoms with Crippen LogP contribution in [-0.4, -0.2) is 49.9 Å². The summed E-state index contributed by atoms with van der Waals surface area (Å²) >= 11 is 0. The molecule has 3 aromatic carbocycles. The Hall–Kier alpha value is -2.76. The summed E-state index contributed by atoms with van der Waals surface area (Å²) in [7, 11) is 0. The third-order valence-electron chi connectivity index (χ3n) is 4.95. The van der Waals surface area contributed by atoms with Gasteiger partial charge in [-0.2, -0.15) is 5.10 Å². The second-order valence-corrected chi connectivity index (χ2v) is 6.73. The Balaban J connectivity index is 1.49. The molecule has 0 atom stereocenters. The molecule has 5 nitrogen and oxygen atoms in total. The SMILES string of the molecule is O=C(CCN1CCOCC1)N/N=C\c1c2ccccc2cc2ccccc12. The summed E-state index contributed by atoms with van der Waals surface area (Å²) in [5.41, 5.74) is 3.70. The first-order valence-electron chi connectivity index (χ1n) is 9.34. The van der Waals surface area contributed by atoms with Gasteiger partial charge in [-0.3, -0.25) is 9.69 Å². The lowest BCUT2D eigenvalue weighted by molar-refractivity contribution is -0.121. The molecule has 27 heavy (non-hydrogen) atoms. The number of carbonyl (C=O) groups excluding carboxylic acids is 1. The molecule has 1 heterocycles. The van der Waals surface area contributed by atoms with Gasteiger partial charge in [0.05, 0.1) is 19.4 Å². The van der Waals surface area contributed by atoms with E-state index < -0.39 is 0 Å². The Bertz CT molecular complexity index is 924. The normalized spacial score (nSPS) is 15.6. The van der Waals surface area contributed by atoms with Gasteiger partial charge in [0.25, 0.3) is 0 Å². The van der Waals surface area contributed by atoms with Crippen LogP contribution in [0.1, 0.15) is 12.0 Å². The molecule has 0 radical (unpaired) electrons. The van der Waals surface area contributed by atoms with Crippen LogP contribution in [0.5, 0.6) is 0 Å². The van der Waals surface area contributed by atoms with Gasteiger partial charge in [0.2, 0.25) is 5.91 Å². The Kier molecular flexibility index (Phi) is 5.42. The van der Waals surface area contributed by atoms with Crippen LogP contribution in [0.2, 0.25) is 0 Å². The third kappa shape index (κ3) is 4.15. The number of nitrogens with zero attached hydrogens (tertiary/aromatic N) is 2. The van der Waals surface area contributed by atoms with Crippen molar-refractivity contribution in [2.45, 2.75) is 6.42 Å². The van der Waals surface area contributed by atoms with Crippen LogP contribution in [0.4, 0.5) is 0 Å². The molecule has 1 N–H and O–H groups in total. The predicted octanol–water partition coefficient (Wildman–Crippen LogP) is 3.17. The van der Waals surface area contributed by atoms with E-state index in [0.717, 1.165) is 60.0 Å². The van der Waals surface area contributed by atoms with Gasteiger partial charge in [-0.25, -0.2) is 5.43 Å². The topological polar surface area (TPSA) is 53.9 Å². The van der Waals surface area contributed by atoms with Crippen LogP contribution in [0.25, 0.3) is 21.5 Å². The minimum atomic E-state index is -0.0673. The van der Waals surface area contributed by atoms with Crippen molar-refractivity contribution in [1.82, 2.24) is 10.3 Å². The number of morpholine rings is 1. The van der Waals surface area contributed by atoms with Crippen molar-refractivity contribution in [2.75, 3.05) is 32.8 Å². The molecule has 0 saturated carbocycles. The number of rotatable bonds is 5.